The molecule has 28 heavy (non-hydrogen) atoms. The Morgan fingerprint density at radius 3 is 2.50 bits per heavy atom. The van der Waals surface area contributed by atoms with Gasteiger partial charge < -0.3 is 24.0 Å². The SMILES string of the molecule is COc1ccc(C(=O)N2CCC(N3C(=O)C(OC)C34CCOCC4)CC2)cn1. The highest BCUT2D eigenvalue weighted by molar-refractivity contribution is 5.94. The van der Waals surface area contributed by atoms with Crippen LogP contribution in [0.25, 0.3) is 0 Å². The second-order valence-electron chi connectivity index (χ2n) is 7.65. The van der Waals surface area contributed by atoms with Crippen LogP contribution in [0.5, 0.6) is 5.88 Å². The van der Waals surface area contributed by atoms with E-state index in [-0.39, 0.29) is 29.5 Å². The molecule has 3 aliphatic rings. The number of carbonyl (C=O) groups excluding carboxylic acids is 2. The summed E-state index contributed by atoms with van der Waals surface area (Å²) in [5, 5.41) is 0. The topological polar surface area (TPSA) is 81.2 Å². The fourth-order valence-electron chi connectivity index (χ4n) is 4.86. The number of ether oxygens (including phenoxy) is 3. The maximum absolute atomic E-state index is 12.7. The largest absolute Gasteiger partial charge is 0.481 e. The van der Waals surface area contributed by atoms with Crippen molar-refractivity contribution in [3.05, 3.63) is 23.9 Å². The molecule has 0 saturated carbocycles. The lowest BCUT2D eigenvalue weighted by Crippen LogP contribution is -2.79. The van der Waals surface area contributed by atoms with Gasteiger partial charge in [0.1, 0.15) is 0 Å². The minimum Gasteiger partial charge on any atom is -0.481 e. The molecule has 152 valence electrons. The molecule has 3 fully saturated rings. The van der Waals surface area contributed by atoms with Crippen LogP contribution < -0.4 is 4.74 Å². The van der Waals surface area contributed by atoms with Crippen LogP contribution in [-0.2, 0) is 14.3 Å². The number of piperidine rings is 1. The van der Waals surface area contributed by atoms with Gasteiger partial charge in [-0.05, 0) is 31.7 Å². The first kappa shape index (κ1) is 19.1. The number of hydrogen-bond donors (Lipinski definition) is 0. The lowest BCUT2D eigenvalue weighted by Gasteiger charge is -2.61. The summed E-state index contributed by atoms with van der Waals surface area (Å²) in [4.78, 5) is 33.5. The van der Waals surface area contributed by atoms with Crippen molar-refractivity contribution in [1.29, 1.82) is 0 Å². The maximum Gasteiger partial charge on any atom is 0.255 e. The van der Waals surface area contributed by atoms with Crippen molar-refractivity contribution in [3.63, 3.8) is 0 Å². The number of methoxy groups -OCH3 is 2. The third kappa shape index (κ3) is 3.04. The minimum absolute atomic E-state index is 0.0286. The van der Waals surface area contributed by atoms with E-state index in [1.54, 1.807) is 32.5 Å². The number of β-lactam (4-membered cyclic amide) rings is 1. The first-order valence-corrected chi connectivity index (χ1v) is 9.84. The van der Waals surface area contributed by atoms with Gasteiger partial charge in [-0.2, -0.15) is 0 Å². The maximum atomic E-state index is 12.7. The summed E-state index contributed by atoms with van der Waals surface area (Å²) in [6.45, 7) is 2.57. The van der Waals surface area contributed by atoms with E-state index < -0.39 is 0 Å². The second kappa shape index (κ2) is 7.67. The molecule has 0 aliphatic carbocycles. The van der Waals surface area contributed by atoms with E-state index in [9.17, 15) is 9.59 Å². The van der Waals surface area contributed by atoms with Crippen molar-refractivity contribution in [1.82, 2.24) is 14.8 Å². The Hall–Kier alpha value is -2.19. The molecule has 8 heteroatoms. The number of amides is 2. The lowest BCUT2D eigenvalue weighted by atomic mass is 9.72. The van der Waals surface area contributed by atoms with Gasteiger partial charge in [0, 0.05) is 51.7 Å². The molecule has 0 aromatic carbocycles. The average molecular weight is 389 g/mol. The Morgan fingerprint density at radius 1 is 1.21 bits per heavy atom. The molecule has 4 rings (SSSR count). The van der Waals surface area contributed by atoms with E-state index in [2.05, 4.69) is 4.98 Å². The zero-order chi connectivity index (χ0) is 19.7. The van der Waals surface area contributed by atoms with Gasteiger partial charge in [-0.15, -0.1) is 0 Å². The Bertz CT molecular complexity index is 724. The second-order valence-corrected chi connectivity index (χ2v) is 7.65. The van der Waals surface area contributed by atoms with E-state index in [0.717, 1.165) is 25.7 Å². The van der Waals surface area contributed by atoms with E-state index >= 15 is 0 Å². The molecule has 0 bridgehead atoms. The molecule has 1 aromatic rings. The van der Waals surface area contributed by atoms with Crippen LogP contribution in [0.4, 0.5) is 0 Å². The fourth-order valence-corrected chi connectivity index (χ4v) is 4.86. The number of hydrogen-bond acceptors (Lipinski definition) is 6. The van der Waals surface area contributed by atoms with Gasteiger partial charge in [0.2, 0.25) is 5.88 Å². The molecule has 1 aromatic heterocycles. The molecule has 2 amide bonds. The molecular weight excluding hydrogens is 362 g/mol. The van der Waals surface area contributed by atoms with Gasteiger partial charge in [0.15, 0.2) is 6.10 Å². The molecule has 3 saturated heterocycles. The van der Waals surface area contributed by atoms with Gasteiger partial charge in [0.25, 0.3) is 11.8 Å². The van der Waals surface area contributed by atoms with Crippen LogP contribution in [0.3, 0.4) is 0 Å². The number of carbonyl (C=O) groups is 2. The highest BCUT2D eigenvalue weighted by Crippen LogP contribution is 2.45. The van der Waals surface area contributed by atoms with E-state index in [1.807, 2.05) is 9.80 Å². The van der Waals surface area contributed by atoms with Crippen LogP contribution >= 0.6 is 0 Å². The normalized spacial score (nSPS) is 24.9. The molecule has 8 nitrogen and oxygen atoms in total. The van der Waals surface area contributed by atoms with Crippen LogP contribution in [0, 0.1) is 0 Å². The minimum atomic E-state index is -0.360. The van der Waals surface area contributed by atoms with Crippen molar-refractivity contribution in [2.75, 3.05) is 40.5 Å². The van der Waals surface area contributed by atoms with Crippen molar-refractivity contribution in [2.45, 2.75) is 43.4 Å². The van der Waals surface area contributed by atoms with Crippen LogP contribution in [0.15, 0.2) is 18.3 Å². The average Bonchev–Trinajstić information content (AvgIpc) is 2.75. The Kier molecular flexibility index (Phi) is 5.25. The van der Waals surface area contributed by atoms with Gasteiger partial charge in [-0.1, -0.05) is 0 Å². The predicted octanol–water partition coefficient (Wildman–Crippen LogP) is 1.10. The third-order valence-electron chi connectivity index (χ3n) is 6.33. The van der Waals surface area contributed by atoms with E-state index in [1.165, 1.54) is 0 Å². The summed E-state index contributed by atoms with van der Waals surface area (Å²) in [5.74, 6) is 0.536. The molecule has 0 N–H and O–H groups in total. The number of likely N-dealkylation sites (tertiary alicyclic amines) is 2. The molecule has 0 radical (unpaired) electrons. The zero-order valence-electron chi connectivity index (χ0n) is 16.4. The fraction of sp³-hybridized carbons (Fsp3) is 0.650. The quantitative estimate of drug-likeness (QED) is 0.718. The molecular formula is C20H27N3O5. The Labute approximate surface area is 164 Å². The van der Waals surface area contributed by atoms with Gasteiger partial charge in [-0.25, -0.2) is 4.98 Å². The Morgan fingerprint density at radius 2 is 1.93 bits per heavy atom. The van der Waals surface area contributed by atoms with Crippen LogP contribution in [0.2, 0.25) is 0 Å². The molecule has 3 aliphatic heterocycles. The third-order valence-corrected chi connectivity index (χ3v) is 6.33. The van der Waals surface area contributed by atoms with Gasteiger partial charge >= 0.3 is 0 Å². The standard InChI is InChI=1S/C20H27N3O5/c1-26-16-4-3-14(13-21-16)18(24)22-9-5-15(6-10-22)23-19(25)17(27-2)20(23)7-11-28-12-8-20/h3-4,13,15,17H,5-12H2,1-2H3. The molecule has 1 spiro atoms. The monoisotopic (exact) mass is 389 g/mol. The first-order valence-electron chi connectivity index (χ1n) is 9.84. The van der Waals surface area contributed by atoms with Gasteiger partial charge in [0.05, 0.1) is 18.2 Å². The Balaban J connectivity index is 1.40. The summed E-state index contributed by atoms with van der Waals surface area (Å²) in [5.41, 5.74) is 0.320. The first-order chi connectivity index (χ1) is 13.6. The predicted molar refractivity (Wildman–Crippen MR) is 100 cm³/mol. The van der Waals surface area contributed by atoms with Crippen molar-refractivity contribution in [2.24, 2.45) is 0 Å². The number of rotatable bonds is 4. The molecule has 1 atom stereocenters. The van der Waals surface area contributed by atoms with E-state index in [0.29, 0.717) is 37.7 Å². The summed E-state index contributed by atoms with van der Waals surface area (Å²) in [6.07, 6.45) is 4.37. The molecule has 1 unspecified atom stereocenters. The van der Waals surface area contributed by atoms with Crippen LogP contribution in [-0.4, -0.2) is 84.8 Å². The number of pyridine rings is 1. The highest BCUT2D eigenvalue weighted by Gasteiger charge is 2.62. The van der Waals surface area contributed by atoms with Crippen molar-refractivity contribution >= 4 is 11.8 Å². The summed E-state index contributed by atoms with van der Waals surface area (Å²) < 4.78 is 16.1. The molecule has 4 heterocycles. The lowest BCUT2D eigenvalue weighted by molar-refractivity contribution is -0.213. The zero-order valence-corrected chi connectivity index (χ0v) is 16.4. The number of aromatic nitrogens is 1. The highest BCUT2D eigenvalue weighted by atomic mass is 16.5. The van der Waals surface area contributed by atoms with Gasteiger partial charge in [-0.3, -0.25) is 9.59 Å². The summed E-state index contributed by atoms with van der Waals surface area (Å²) in [6, 6.07) is 3.58. The van der Waals surface area contributed by atoms with Crippen molar-refractivity contribution in [3.8, 4) is 5.88 Å². The van der Waals surface area contributed by atoms with E-state index in [4.69, 9.17) is 14.2 Å². The summed E-state index contributed by atoms with van der Waals surface area (Å²) in [7, 11) is 3.16. The smallest absolute Gasteiger partial charge is 0.255 e. The number of nitrogens with zero attached hydrogens (tertiary/aromatic N) is 3. The summed E-state index contributed by atoms with van der Waals surface area (Å²) >= 11 is 0. The van der Waals surface area contributed by atoms with Crippen LogP contribution in [0.1, 0.15) is 36.0 Å². The van der Waals surface area contributed by atoms with Crippen molar-refractivity contribution < 1.29 is 23.8 Å².